The van der Waals surface area contributed by atoms with Crippen molar-refractivity contribution in [2.45, 2.75) is 15.8 Å². The third-order valence-electron chi connectivity index (χ3n) is 3.23. The Kier molecular flexibility index (Phi) is 3.38. The summed E-state index contributed by atoms with van der Waals surface area (Å²) in [5, 5.41) is 9.05. The van der Waals surface area contributed by atoms with Crippen LogP contribution in [0.5, 0.6) is 0 Å². The van der Waals surface area contributed by atoms with Gasteiger partial charge in [-0.15, -0.1) is 0 Å². The van der Waals surface area contributed by atoms with Crippen molar-refractivity contribution in [3.63, 3.8) is 0 Å². The molecule has 0 amide bonds. The molecule has 0 radical (unpaired) electrons. The van der Waals surface area contributed by atoms with Crippen molar-refractivity contribution >= 4 is 29.1 Å². The molecular formula is C15H14N2O2S. The first-order valence-corrected chi connectivity index (χ1v) is 7.10. The molecule has 1 aliphatic heterocycles. The maximum Gasteiger partial charge on any atom is 0.322 e. The average molecular weight is 286 g/mol. The van der Waals surface area contributed by atoms with Gasteiger partial charge in [-0.05, 0) is 24.3 Å². The highest BCUT2D eigenvalue weighted by Gasteiger charge is 2.26. The standard InChI is InChI=1S/C15H14N2O2S/c16-10(15(18)19)9-17-11-5-1-3-7-13(11)20-14-8-4-2-6-12(14)17/h1-8,10H,9,16H2,(H,18,19). The minimum absolute atomic E-state index is 0.254. The van der Waals surface area contributed by atoms with E-state index in [0.717, 1.165) is 21.2 Å². The Morgan fingerprint density at radius 1 is 1.10 bits per heavy atom. The summed E-state index contributed by atoms with van der Waals surface area (Å²) in [6, 6.07) is 15.0. The van der Waals surface area contributed by atoms with Crippen LogP contribution in [0, 0.1) is 0 Å². The lowest BCUT2D eigenvalue weighted by molar-refractivity contribution is -0.138. The van der Waals surface area contributed by atoms with E-state index in [1.165, 1.54) is 0 Å². The van der Waals surface area contributed by atoms with Gasteiger partial charge < -0.3 is 15.7 Å². The van der Waals surface area contributed by atoms with Gasteiger partial charge in [0, 0.05) is 16.3 Å². The van der Waals surface area contributed by atoms with Gasteiger partial charge in [0.15, 0.2) is 0 Å². The Morgan fingerprint density at radius 2 is 1.60 bits per heavy atom. The van der Waals surface area contributed by atoms with Gasteiger partial charge in [0.2, 0.25) is 0 Å². The molecule has 0 spiro atoms. The summed E-state index contributed by atoms with van der Waals surface area (Å²) in [5.74, 6) is -0.988. The van der Waals surface area contributed by atoms with Crippen LogP contribution in [0.2, 0.25) is 0 Å². The van der Waals surface area contributed by atoms with Gasteiger partial charge in [0.1, 0.15) is 6.04 Å². The molecular weight excluding hydrogens is 272 g/mol. The van der Waals surface area contributed by atoms with E-state index in [2.05, 4.69) is 0 Å². The Hall–Kier alpha value is -1.98. The topological polar surface area (TPSA) is 66.6 Å². The second kappa shape index (κ2) is 5.19. The van der Waals surface area contributed by atoms with E-state index < -0.39 is 12.0 Å². The molecule has 2 aromatic rings. The summed E-state index contributed by atoms with van der Waals surface area (Å²) in [4.78, 5) is 15.3. The van der Waals surface area contributed by atoms with E-state index in [-0.39, 0.29) is 6.54 Å². The van der Waals surface area contributed by atoms with Crippen LogP contribution in [0.25, 0.3) is 0 Å². The zero-order chi connectivity index (χ0) is 14.1. The van der Waals surface area contributed by atoms with Gasteiger partial charge in [0.25, 0.3) is 0 Å². The fraction of sp³-hybridized carbons (Fsp3) is 0.133. The molecule has 1 heterocycles. The van der Waals surface area contributed by atoms with E-state index in [1.54, 1.807) is 11.8 Å². The number of fused-ring (bicyclic) bond motifs is 2. The zero-order valence-corrected chi connectivity index (χ0v) is 11.5. The van der Waals surface area contributed by atoms with Crippen LogP contribution >= 0.6 is 11.8 Å². The van der Waals surface area contributed by atoms with Gasteiger partial charge >= 0.3 is 5.97 Å². The van der Waals surface area contributed by atoms with E-state index in [1.807, 2.05) is 53.4 Å². The van der Waals surface area contributed by atoms with Crippen LogP contribution in [0.1, 0.15) is 0 Å². The summed E-state index contributed by atoms with van der Waals surface area (Å²) in [6.07, 6.45) is 0. The molecule has 3 rings (SSSR count). The number of anilines is 2. The quantitative estimate of drug-likeness (QED) is 0.908. The molecule has 3 N–H and O–H groups in total. The van der Waals surface area contributed by atoms with Gasteiger partial charge in [-0.2, -0.15) is 0 Å². The van der Waals surface area contributed by atoms with E-state index in [0.29, 0.717) is 0 Å². The molecule has 0 saturated heterocycles. The molecule has 0 aliphatic carbocycles. The molecule has 0 saturated carbocycles. The minimum atomic E-state index is -0.988. The first-order chi connectivity index (χ1) is 9.66. The van der Waals surface area contributed by atoms with Crippen LogP contribution in [0.3, 0.4) is 0 Å². The molecule has 0 fully saturated rings. The molecule has 1 aliphatic rings. The second-order valence-corrected chi connectivity index (χ2v) is 5.68. The number of hydrogen-bond donors (Lipinski definition) is 2. The monoisotopic (exact) mass is 286 g/mol. The van der Waals surface area contributed by atoms with E-state index in [9.17, 15) is 4.79 Å². The van der Waals surface area contributed by atoms with Gasteiger partial charge in [-0.3, -0.25) is 4.79 Å². The molecule has 0 aromatic heterocycles. The number of nitrogens with two attached hydrogens (primary N) is 1. The molecule has 102 valence electrons. The number of carboxylic acid groups (broad SMARTS) is 1. The predicted octanol–water partition coefficient (Wildman–Crippen LogP) is 2.70. The highest BCUT2D eigenvalue weighted by Crippen LogP contribution is 2.47. The lowest BCUT2D eigenvalue weighted by Crippen LogP contribution is -2.41. The number of nitrogens with zero attached hydrogens (tertiary/aromatic N) is 1. The Balaban J connectivity index is 2.05. The van der Waals surface area contributed by atoms with Crippen LogP contribution in [0.4, 0.5) is 11.4 Å². The molecule has 2 aromatic carbocycles. The number of rotatable bonds is 3. The Bertz CT molecular complexity index is 614. The molecule has 5 heteroatoms. The highest BCUT2D eigenvalue weighted by atomic mass is 32.2. The van der Waals surface area contributed by atoms with E-state index >= 15 is 0 Å². The molecule has 0 bridgehead atoms. The molecule has 4 nitrogen and oxygen atoms in total. The predicted molar refractivity (Wildman–Crippen MR) is 79.6 cm³/mol. The van der Waals surface area contributed by atoms with Gasteiger partial charge in [-0.1, -0.05) is 36.0 Å². The lowest BCUT2D eigenvalue weighted by Gasteiger charge is -2.33. The van der Waals surface area contributed by atoms with Gasteiger partial charge in [-0.25, -0.2) is 0 Å². The lowest BCUT2D eigenvalue weighted by atomic mass is 10.2. The summed E-state index contributed by atoms with van der Waals surface area (Å²) in [6.45, 7) is 0.254. The Labute approximate surface area is 121 Å². The first-order valence-electron chi connectivity index (χ1n) is 6.28. The maximum atomic E-state index is 11.0. The third kappa shape index (κ3) is 2.26. The Morgan fingerprint density at radius 3 is 2.10 bits per heavy atom. The smallest absolute Gasteiger partial charge is 0.322 e. The largest absolute Gasteiger partial charge is 0.480 e. The molecule has 1 unspecified atom stereocenters. The van der Waals surface area contributed by atoms with Crippen molar-refractivity contribution in [3.8, 4) is 0 Å². The number of hydrogen-bond acceptors (Lipinski definition) is 4. The number of aliphatic carboxylic acids is 1. The second-order valence-electron chi connectivity index (χ2n) is 4.59. The number of benzene rings is 2. The normalized spacial score (nSPS) is 14.3. The fourth-order valence-electron chi connectivity index (χ4n) is 2.25. The number of carboxylic acids is 1. The van der Waals surface area contributed by atoms with Crippen molar-refractivity contribution in [1.29, 1.82) is 0 Å². The SMILES string of the molecule is NC(CN1c2ccccc2Sc2ccccc21)C(=O)O. The average Bonchev–Trinajstić information content (AvgIpc) is 2.46. The number of para-hydroxylation sites is 2. The minimum Gasteiger partial charge on any atom is -0.480 e. The zero-order valence-electron chi connectivity index (χ0n) is 10.7. The summed E-state index contributed by atoms with van der Waals surface area (Å²) >= 11 is 1.69. The van der Waals surface area contributed by atoms with E-state index in [4.69, 9.17) is 10.8 Å². The van der Waals surface area contributed by atoms with Gasteiger partial charge in [0.05, 0.1) is 11.4 Å². The van der Waals surface area contributed by atoms with Crippen molar-refractivity contribution in [2.75, 3.05) is 11.4 Å². The van der Waals surface area contributed by atoms with Crippen LogP contribution in [0.15, 0.2) is 58.3 Å². The first kappa shape index (κ1) is 13.0. The molecule has 1 atom stereocenters. The summed E-state index contributed by atoms with van der Waals surface area (Å²) in [7, 11) is 0. The third-order valence-corrected chi connectivity index (χ3v) is 4.36. The summed E-state index contributed by atoms with van der Waals surface area (Å²) < 4.78 is 0. The van der Waals surface area contributed by atoms with Crippen molar-refractivity contribution in [1.82, 2.24) is 0 Å². The van der Waals surface area contributed by atoms with Crippen molar-refractivity contribution in [2.24, 2.45) is 5.73 Å². The maximum absolute atomic E-state index is 11.0. The fourth-order valence-corrected chi connectivity index (χ4v) is 3.35. The van der Waals surface area contributed by atoms with Crippen molar-refractivity contribution in [3.05, 3.63) is 48.5 Å². The number of carbonyl (C=O) groups is 1. The highest BCUT2D eigenvalue weighted by molar-refractivity contribution is 7.99. The van der Waals surface area contributed by atoms with Crippen LogP contribution in [-0.4, -0.2) is 23.7 Å². The van der Waals surface area contributed by atoms with Crippen LogP contribution < -0.4 is 10.6 Å². The van der Waals surface area contributed by atoms with Crippen LogP contribution in [-0.2, 0) is 4.79 Å². The van der Waals surface area contributed by atoms with Crippen molar-refractivity contribution < 1.29 is 9.90 Å². The summed E-state index contributed by atoms with van der Waals surface area (Å²) in [5.41, 5.74) is 7.73. The molecule has 20 heavy (non-hydrogen) atoms.